The van der Waals surface area contributed by atoms with Crippen molar-refractivity contribution in [1.82, 2.24) is 10.6 Å². The normalized spacial score (nSPS) is 14.6. The van der Waals surface area contributed by atoms with E-state index >= 15 is 0 Å². The van der Waals surface area contributed by atoms with Gasteiger partial charge in [-0.2, -0.15) is 0 Å². The van der Waals surface area contributed by atoms with Crippen molar-refractivity contribution in [3.8, 4) is 11.1 Å². The molecule has 2 aromatic carbocycles. The lowest BCUT2D eigenvalue weighted by Gasteiger charge is -2.31. The molecule has 1 unspecified atom stereocenters. The van der Waals surface area contributed by atoms with Crippen molar-refractivity contribution in [3.63, 3.8) is 0 Å². The summed E-state index contributed by atoms with van der Waals surface area (Å²) in [5.74, 6) is -1.44. The number of rotatable bonds is 9. The number of carboxylic acid groups (broad SMARTS) is 1. The average Bonchev–Trinajstić information content (AvgIpc) is 3.11. The highest BCUT2D eigenvalue weighted by molar-refractivity contribution is 5.86. The van der Waals surface area contributed by atoms with Gasteiger partial charge in [-0.15, -0.1) is 0 Å². The van der Waals surface area contributed by atoms with E-state index in [4.69, 9.17) is 9.84 Å². The Morgan fingerprint density at radius 3 is 2.00 bits per heavy atom. The number of fused-ring (bicyclic) bond motifs is 3. The van der Waals surface area contributed by atoms with Gasteiger partial charge in [0.05, 0.1) is 6.42 Å². The van der Waals surface area contributed by atoms with E-state index in [0.717, 1.165) is 22.3 Å². The molecule has 0 fully saturated rings. The lowest BCUT2D eigenvalue weighted by atomic mass is 9.85. The number of aliphatic carboxylic acids is 1. The lowest BCUT2D eigenvalue weighted by molar-refractivity contribution is -0.138. The van der Waals surface area contributed by atoms with E-state index in [1.54, 1.807) is 0 Å². The van der Waals surface area contributed by atoms with Crippen molar-refractivity contribution in [3.05, 3.63) is 59.7 Å². The first-order valence-electron chi connectivity index (χ1n) is 12.1. The SMILES string of the molecule is CC(C)C(CNC(=O)[C@@H](NC(=O)OCC1c2ccccc2-c2ccccc21)C(C)(C)C)CC(=O)O. The van der Waals surface area contributed by atoms with Crippen LogP contribution in [0.4, 0.5) is 4.79 Å². The summed E-state index contributed by atoms with van der Waals surface area (Å²) in [6, 6.07) is 15.4. The molecule has 7 heteroatoms. The molecule has 0 heterocycles. The quantitative estimate of drug-likeness (QED) is 0.478. The second-order valence-corrected chi connectivity index (χ2v) is 10.6. The monoisotopic (exact) mass is 480 g/mol. The van der Waals surface area contributed by atoms with Crippen LogP contribution in [-0.2, 0) is 14.3 Å². The number of carbonyl (C=O) groups excluding carboxylic acids is 2. The number of benzene rings is 2. The van der Waals surface area contributed by atoms with Crippen LogP contribution in [0.3, 0.4) is 0 Å². The summed E-state index contributed by atoms with van der Waals surface area (Å²) in [4.78, 5) is 36.9. The van der Waals surface area contributed by atoms with E-state index in [2.05, 4.69) is 34.9 Å². The molecule has 0 spiro atoms. The van der Waals surface area contributed by atoms with Gasteiger partial charge >= 0.3 is 12.1 Å². The molecule has 35 heavy (non-hydrogen) atoms. The van der Waals surface area contributed by atoms with Crippen LogP contribution in [0, 0.1) is 17.3 Å². The fourth-order valence-electron chi connectivity index (χ4n) is 4.53. The van der Waals surface area contributed by atoms with Gasteiger partial charge in [-0.05, 0) is 39.5 Å². The molecule has 3 N–H and O–H groups in total. The van der Waals surface area contributed by atoms with E-state index < -0.39 is 23.5 Å². The number of carbonyl (C=O) groups is 3. The molecular weight excluding hydrogens is 444 g/mol. The molecule has 2 atom stereocenters. The Hall–Kier alpha value is -3.35. The topological polar surface area (TPSA) is 105 Å². The third-order valence-corrected chi connectivity index (χ3v) is 6.65. The van der Waals surface area contributed by atoms with Gasteiger partial charge in [0, 0.05) is 12.5 Å². The zero-order valence-corrected chi connectivity index (χ0v) is 21.1. The number of carboxylic acids is 1. The highest BCUT2D eigenvalue weighted by atomic mass is 16.5. The molecule has 1 aliphatic carbocycles. The molecule has 7 nitrogen and oxygen atoms in total. The minimum Gasteiger partial charge on any atom is -0.481 e. The van der Waals surface area contributed by atoms with Gasteiger partial charge in [-0.25, -0.2) is 4.79 Å². The highest BCUT2D eigenvalue weighted by Crippen LogP contribution is 2.44. The largest absolute Gasteiger partial charge is 0.481 e. The van der Waals surface area contributed by atoms with Crippen LogP contribution in [0.15, 0.2) is 48.5 Å². The van der Waals surface area contributed by atoms with Crippen molar-refractivity contribution < 1.29 is 24.2 Å². The maximum absolute atomic E-state index is 13.0. The number of hydrogen-bond acceptors (Lipinski definition) is 4. The van der Waals surface area contributed by atoms with E-state index in [1.807, 2.05) is 58.9 Å². The zero-order chi connectivity index (χ0) is 25.8. The van der Waals surface area contributed by atoms with Crippen LogP contribution >= 0.6 is 0 Å². The molecule has 3 rings (SSSR count). The third kappa shape index (κ3) is 6.41. The maximum Gasteiger partial charge on any atom is 0.407 e. The summed E-state index contributed by atoms with van der Waals surface area (Å²) in [7, 11) is 0. The van der Waals surface area contributed by atoms with Crippen LogP contribution < -0.4 is 10.6 Å². The van der Waals surface area contributed by atoms with Gasteiger partial charge in [0.1, 0.15) is 12.6 Å². The molecule has 0 saturated heterocycles. The fraction of sp³-hybridized carbons (Fsp3) is 0.464. The predicted octanol–water partition coefficient (Wildman–Crippen LogP) is 4.80. The number of hydrogen-bond donors (Lipinski definition) is 3. The molecule has 0 saturated carbocycles. The summed E-state index contributed by atoms with van der Waals surface area (Å²) >= 11 is 0. The molecule has 0 bridgehead atoms. The molecule has 0 aromatic heterocycles. The summed E-state index contributed by atoms with van der Waals surface area (Å²) in [6.45, 7) is 9.81. The van der Waals surface area contributed by atoms with Gasteiger partial charge in [-0.3, -0.25) is 9.59 Å². The number of ether oxygens (including phenoxy) is 1. The predicted molar refractivity (Wildman–Crippen MR) is 135 cm³/mol. The molecule has 2 amide bonds. The van der Waals surface area contributed by atoms with Gasteiger partial charge in [0.25, 0.3) is 0 Å². The van der Waals surface area contributed by atoms with Crippen molar-refractivity contribution in [2.75, 3.05) is 13.2 Å². The van der Waals surface area contributed by atoms with Crippen LogP contribution in [0.25, 0.3) is 11.1 Å². The first-order valence-corrected chi connectivity index (χ1v) is 12.1. The van der Waals surface area contributed by atoms with E-state index in [1.165, 1.54) is 0 Å². The smallest absolute Gasteiger partial charge is 0.407 e. The van der Waals surface area contributed by atoms with Gasteiger partial charge in [0.15, 0.2) is 0 Å². The summed E-state index contributed by atoms with van der Waals surface area (Å²) < 4.78 is 5.62. The van der Waals surface area contributed by atoms with Crippen molar-refractivity contribution in [2.45, 2.75) is 53.0 Å². The van der Waals surface area contributed by atoms with Crippen LogP contribution in [-0.4, -0.2) is 42.3 Å². The van der Waals surface area contributed by atoms with Crippen LogP contribution in [0.2, 0.25) is 0 Å². The van der Waals surface area contributed by atoms with Crippen molar-refractivity contribution >= 4 is 18.0 Å². The Balaban J connectivity index is 1.64. The van der Waals surface area contributed by atoms with Gasteiger partial charge in [0.2, 0.25) is 5.91 Å². The maximum atomic E-state index is 13.0. The molecule has 0 radical (unpaired) electrons. The fourth-order valence-corrected chi connectivity index (χ4v) is 4.53. The van der Waals surface area contributed by atoms with Crippen LogP contribution in [0.1, 0.15) is 58.1 Å². The third-order valence-electron chi connectivity index (χ3n) is 6.65. The number of amides is 2. The van der Waals surface area contributed by atoms with Gasteiger partial charge < -0.3 is 20.5 Å². The first kappa shape index (κ1) is 26.3. The standard InChI is InChI=1S/C28H36N2O5/c1-17(2)18(14-24(31)32)15-29-26(33)25(28(3,4)5)30-27(34)35-16-23-21-12-8-6-10-19(21)20-11-7-9-13-22(20)23/h6-13,17-18,23,25H,14-16H2,1-5H3,(H,29,33)(H,30,34)(H,31,32)/t18?,25-/m1/s1. The highest BCUT2D eigenvalue weighted by Gasteiger charge is 2.35. The molecule has 188 valence electrons. The number of alkyl carbamates (subject to hydrolysis) is 1. The van der Waals surface area contributed by atoms with Crippen molar-refractivity contribution in [2.24, 2.45) is 17.3 Å². The van der Waals surface area contributed by atoms with E-state index in [9.17, 15) is 14.4 Å². The lowest BCUT2D eigenvalue weighted by Crippen LogP contribution is -2.54. The minimum atomic E-state index is -0.901. The summed E-state index contributed by atoms with van der Waals surface area (Å²) in [5, 5.41) is 14.7. The molecule has 2 aromatic rings. The number of nitrogens with one attached hydrogen (secondary N) is 2. The zero-order valence-electron chi connectivity index (χ0n) is 21.1. The molecule has 1 aliphatic rings. The van der Waals surface area contributed by atoms with Crippen LogP contribution in [0.5, 0.6) is 0 Å². The first-order chi connectivity index (χ1) is 16.5. The van der Waals surface area contributed by atoms with E-state index in [-0.39, 0.29) is 43.2 Å². The molecule has 0 aliphatic heterocycles. The Kier molecular flexibility index (Phi) is 8.20. The molecular formula is C28H36N2O5. The Morgan fingerprint density at radius 1 is 0.971 bits per heavy atom. The summed E-state index contributed by atoms with van der Waals surface area (Å²) in [5.41, 5.74) is 3.94. The summed E-state index contributed by atoms with van der Waals surface area (Å²) in [6.07, 6.45) is -0.689. The average molecular weight is 481 g/mol. The second-order valence-electron chi connectivity index (χ2n) is 10.6. The van der Waals surface area contributed by atoms with E-state index in [0.29, 0.717) is 0 Å². The second kappa shape index (κ2) is 10.9. The van der Waals surface area contributed by atoms with Crippen molar-refractivity contribution in [1.29, 1.82) is 0 Å². The Bertz CT molecular complexity index is 1030. The minimum absolute atomic E-state index is 0.0298. The Morgan fingerprint density at radius 2 is 1.51 bits per heavy atom. The van der Waals surface area contributed by atoms with Gasteiger partial charge in [-0.1, -0.05) is 83.1 Å². The Labute approximate surface area is 207 Å².